The van der Waals surface area contributed by atoms with Crippen LogP contribution in [0.4, 0.5) is 11.5 Å². The summed E-state index contributed by atoms with van der Waals surface area (Å²) in [4.78, 5) is 13.9. The largest absolute Gasteiger partial charge is 0.396 e. The Hall–Kier alpha value is -1.05. The highest BCUT2D eigenvalue weighted by molar-refractivity contribution is 7.98. The van der Waals surface area contributed by atoms with Gasteiger partial charge < -0.3 is 10.4 Å². The minimum atomic E-state index is -0.546. The van der Waals surface area contributed by atoms with Crippen LogP contribution in [0, 0.1) is 10.1 Å². The van der Waals surface area contributed by atoms with Crippen molar-refractivity contribution < 1.29 is 10.0 Å². The first kappa shape index (κ1) is 15.0. The molecule has 18 heavy (non-hydrogen) atoms. The average molecular weight is 292 g/mol. The van der Waals surface area contributed by atoms with Gasteiger partial charge in [0.05, 0.1) is 9.95 Å². The molecule has 2 N–H and O–H groups in total. The predicted molar refractivity (Wildman–Crippen MR) is 73.4 cm³/mol. The molecular formula is C10H14ClN3O3S. The first-order chi connectivity index (χ1) is 8.58. The zero-order chi connectivity index (χ0) is 13.5. The van der Waals surface area contributed by atoms with Gasteiger partial charge in [-0.05, 0) is 12.7 Å². The molecule has 100 valence electrons. The lowest BCUT2D eigenvalue weighted by Crippen LogP contribution is -2.24. The minimum Gasteiger partial charge on any atom is -0.396 e. The smallest absolute Gasteiger partial charge is 0.289 e. The Balaban J connectivity index is 2.79. The van der Waals surface area contributed by atoms with E-state index in [0.717, 1.165) is 11.9 Å². The van der Waals surface area contributed by atoms with Gasteiger partial charge in [0.25, 0.3) is 5.69 Å². The molecule has 6 nitrogen and oxygen atoms in total. The fraction of sp³-hybridized carbons (Fsp3) is 0.500. The number of hydrogen-bond donors (Lipinski definition) is 2. The number of nitrogens with zero attached hydrogens (tertiary/aromatic N) is 2. The molecule has 1 atom stereocenters. The van der Waals surface area contributed by atoms with E-state index < -0.39 is 4.92 Å². The van der Waals surface area contributed by atoms with Crippen LogP contribution in [0.1, 0.15) is 6.42 Å². The number of nitro groups is 1. The first-order valence-electron chi connectivity index (χ1n) is 5.24. The van der Waals surface area contributed by atoms with Gasteiger partial charge >= 0.3 is 0 Å². The van der Waals surface area contributed by atoms with E-state index in [9.17, 15) is 10.1 Å². The van der Waals surface area contributed by atoms with Crippen LogP contribution in [-0.2, 0) is 0 Å². The van der Waals surface area contributed by atoms with Gasteiger partial charge in [-0.15, -0.1) is 0 Å². The molecule has 8 heteroatoms. The van der Waals surface area contributed by atoms with Gasteiger partial charge in [-0.3, -0.25) is 10.1 Å². The molecule has 0 aromatic carbocycles. The number of aromatic nitrogens is 1. The average Bonchev–Trinajstić information content (AvgIpc) is 2.32. The van der Waals surface area contributed by atoms with Crippen LogP contribution in [-0.4, -0.2) is 39.7 Å². The maximum absolute atomic E-state index is 10.5. The van der Waals surface area contributed by atoms with E-state index in [1.54, 1.807) is 11.8 Å². The second-order valence-electron chi connectivity index (χ2n) is 3.59. The predicted octanol–water partition coefficient (Wildman–Crippen LogP) is 2.17. The molecule has 0 saturated heterocycles. The second kappa shape index (κ2) is 7.40. The molecule has 0 saturated carbocycles. The number of nitrogens with one attached hydrogen (secondary N) is 1. The van der Waals surface area contributed by atoms with E-state index in [1.165, 1.54) is 6.07 Å². The van der Waals surface area contributed by atoms with Crippen molar-refractivity contribution in [2.45, 2.75) is 12.5 Å². The maximum Gasteiger partial charge on any atom is 0.289 e. The molecule has 1 rings (SSSR count). The Morgan fingerprint density at radius 3 is 2.94 bits per heavy atom. The summed E-state index contributed by atoms with van der Waals surface area (Å²) >= 11 is 7.55. The first-order valence-corrected chi connectivity index (χ1v) is 7.02. The topological polar surface area (TPSA) is 88.3 Å². The highest BCUT2D eigenvalue weighted by atomic mass is 35.5. The van der Waals surface area contributed by atoms with Crippen molar-refractivity contribution in [2.24, 2.45) is 0 Å². The lowest BCUT2D eigenvalue weighted by molar-refractivity contribution is -0.385. The van der Waals surface area contributed by atoms with Crippen LogP contribution in [0.5, 0.6) is 0 Å². The van der Waals surface area contributed by atoms with E-state index >= 15 is 0 Å². The minimum absolute atomic E-state index is 0.0245. The van der Waals surface area contributed by atoms with Gasteiger partial charge in [-0.2, -0.15) is 11.8 Å². The van der Waals surface area contributed by atoms with Crippen LogP contribution >= 0.6 is 23.4 Å². The lowest BCUT2D eigenvalue weighted by Gasteiger charge is -2.17. The molecule has 0 aliphatic heterocycles. The number of halogens is 1. The molecule has 0 aliphatic rings. The second-order valence-corrected chi connectivity index (χ2v) is 4.91. The van der Waals surface area contributed by atoms with Gasteiger partial charge in [0, 0.05) is 24.5 Å². The summed E-state index contributed by atoms with van der Waals surface area (Å²) in [7, 11) is 0. The highest BCUT2D eigenvalue weighted by Crippen LogP contribution is 2.25. The molecule has 0 fully saturated rings. The summed E-state index contributed by atoms with van der Waals surface area (Å²) in [6.07, 6.45) is 3.68. The van der Waals surface area contributed by atoms with Crippen molar-refractivity contribution in [3.8, 4) is 0 Å². The number of rotatable bonds is 7. The number of aliphatic hydroxyl groups is 1. The maximum atomic E-state index is 10.5. The number of hydrogen-bond acceptors (Lipinski definition) is 6. The molecule has 0 spiro atoms. The third kappa shape index (κ3) is 4.32. The Morgan fingerprint density at radius 2 is 2.44 bits per heavy atom. The molecule has 0 aliphatic carbocycles. The standard InChI is InChI=1S/C10H14ClN3O3S/c1-18-6-7(2-3-15)13-10-9(11)4-8(5-12-10)14(16)17/h4-5,7,15H,2-3,6H2,1H3,(H,12,13). The molecule has 1 heterocycles. The molecule has 1 aromatic rings. The van der Waals surface area contributed by atoms with Crippen molar-refractivity contribution >= 4 is 34.9 Å². The summed E-state index contributed by atoms with van der Waals surface area (Å²) in [6.45, 7) is 0.0584. The lowest BCUT2D eigenvalue weighted by atomic mass is 10.2. The van der Waals surface area contributed by atoms with E-state index in [4.69, 9.17) is 16.7 Å². The van der Waals surface area contributed by atoms with Gasteiger partial charge in [0.15, 0.2) is 0 Å². The van der Waals surface area contributed by atoms with Gasteiger partial charge in [-0.25, -0.2) is 4.98 Å². The molecule has 0 radical (unpaired) electrons. The van der Waals surface area contributed by atoms with Crippen LogP contribution in [0.3, 0.4) is 0 Å². The Kier molecular flexibility index (Phi) is 6.17. The highest BCUT2D eigenvalue weighted by Gasteiger charge is 2.14. The van der Waals surface area contributed by atoms with E-state index in [2.05, 4.69) is 10.3 Å². The summed E-state index contributed by atoms with van der Waals surface area (Å²) < 4.78 is 0. The Labute approximate surface area is 114 Å². The summed E-state index contributed by atoms with van der Waals surface area (Å²) in [5.74, 6) is 1.19. The zero-order valence-corrected chi connectivity index (χ0v) is 11.4. The van der Waals surface area contributed by atoms with Crippen molar-refractivity contribution in [1.82, 2.24) is 4.98 Å². The number of pyridine rings is 1. The van der Waals surface area contributed by atoms with E-state index in [1.807, 2.05) is 6.26 Å². The van der Waals surface area contributed by atoms with Crippen LogP contribution in [0.15, 0.2) is 12.3 Å². The molecular weight excluding hydrogens is 278 g/mol. The third-order valence-electron chi connectivity index (χ3n) is 2.22. The van der Waals surface area contributed by atoms with Crippen molar-refractivity contribution in [1.29, 1.82) is 0 Å². The Morgan fingerprint density at radius 1 is 1.72 bits per heavy atom. The fourth-order valence-electron chi connectivity index (χ4n) is 1.38. The Bertz CT molecular complexity index is 413. The van der Waals surface area contributed by atoms with Crippen LogP contribution in [0.2, 0.25) is 5.02 Å². The van der Waals surface area contributed by atoms with Crippen molar-refractivity contribution in [3.63, 3.8) is 0 Å². The van der Waals surface area contributed by atoms with Gasteiger partial charge in [-0.1, -0.05) is 11.6 Å². The molecule has 0 amide bonds. The number of anilines is 1. The SMILES string of the molecule is CSCC(CCO)Nc1ncc([N+](=O)[O-])cc1Cl. The monoisotopic (exact) mass is 291 g/mol. The summed E-state index contributed by atoms with van der Waals surface area (Å²) in [5.41, 5.74) is -0.144. The molecule has 0 bridgehead atoms. The zero-order valence-electron chi connectivity index (χ0n) is 9.80. The summed E-state index contributed by atoms with van der Waals surface area (Å²) in [5, 5.41) is 22.7. The van der Waals surface area contributed by atoms with Gasteiger partial charge in [0.2, 0.25) is 0 Å². The van der Waals surface area contributed by atoms with Crippen molar-refractivity contribution in [2.75, 3.05) is 23.9 Å². The number of thioether (sulfide) groups is 1. The normalized spacial score (nSPS) is 12.2. The quantitative estimate of drug-likeness (QED) is 0.591. The van der Waals surface area contributed by atoms with Crippen molar-refractivity contribution in [3.05, 3.63) is 27.4 Å². The molecule has 1 unspecified atom stereocenters. The van der Waals surface area contributed by atoms with E-state index in [0.29, 0.717) is 12.2 Å². The number of aliphatic hydroxyl groups excluding tert-OH is 1. The van der Waals surface area contributed by atoms with Crippen LogP contribution in [0.25, 0.3) is 0 Å². The molecule has 1 aromatic heterocycles. The van der Waals surface area contributed by atoms with E-state index in [-0.39, 0.29) is 23.4 Å². The van der Waals surface area contributed by atoms with Gasteiger partial charge in [0.1, 0.15) is 12.0 Å². The third-order valence-corrected chi connectivity index (χ3v) is 3.25. The van der Waals surface area contributed by atoms with Crippen LogP contribution < -0.4 is 5.32 Å². The summed E-state index contributed by atoms with van der Waals surface area (Å²) in [6, 6.07) is 1.28. The fourth-order valence-corrected chi connectivity index (χ4v) is 2.25.